The minimum atomic E-state index is -2.27. The maximum atomic E-state index is 5.75. The second-order valence-electron chi connectivity index (χ2n) is 7.05. The summed E-state index contributed by atoms with van der Waals surface area (Å²) in [5.74, 6) is 0. The normalized spacial score (nSPS) is 12.6. The Kier molecular flexibility index (Phi) is 18.1. The Bertz CT molecular complexity index is 294. The van der Waals surface area contributed by atoms with E-state index >= 15 is 0 Å². The Morgan fingerprint density at radius 1 is 0.560 bits per heavy atom. The second kappa shape index (κ2) is 18.4. The van der Waals surface area contributed by atoms with Gasteiger partial charge in [0.25, 0.3) is 0 Å². The molecule has 0 aromatic rings. The average Bonchev–Trinajstić information content (AvgIpc) is 2.64. The molecular weight excluding hydrogens is 324 g/mol. The Labute approximate surface area is 159 Å². The van der Waals surface area contributed by atoms with Gasteiger partial charge in [0, 0.05) is 14.2 Å². The van der Waals surface area contributed by atoms with E-state index in [9.17, 15) is 0 Å². The van der Waals surface area contributed by atoms with Crippen molar-refractivity contribution >= 4 is 8.56 Å². The van der Waals surface area contributed by atoms with Gasteiger partial charge in [0.05, 0.1) is 0 Å². The number of hydrogen-bond acceptors (Lipinski definition) is 2. The van der Waals surface area contributed by atoms with Crippen LogP contribution in [0.5, 0.6) is 0 Å². The molecule has 0 amide bonds. The molecule has 0 aliphatic heterocycles. The quantitative estimate of drug-likeness (QED) is 0.185. The zero-order chi connectivity index (χ0) is 18.6. The van der Waals surface area contributed by atoms with E-state index in [1.165, 1.54) is 77.0 Å². The molecule has 0 rings (SSSR count). The van der Waals surface area contributed by atoms with Gasteiger partial charge >= 0.3 is 8.56 Å². The van der Waals surface area contributed by atoms with Crippen molar-refractivity contribution in [2.24, 2.45) is 0 Å². The highest BCUT2D eigenvalue weighted by Gasteiger charge is 2.28. The van der Waals surface area contributed by atoms with Crippen LogP contribution in [0.3, 0.4) is 0 Å². The first-order valence-corrected chi connectivity index (χ1v) is 12.7. The molecule has 0 saturated carbocycles. The highest BCUT2D eigenvalue weighted by molar-refractivity contribution is 6.77. The van der Waals surface area contributed by atoms with Gasteiger partial charge in [0.15, 0.2) is 0 Å². The van der Waals surface area contributed by atoms with Crippen LogP contribution in [0.25, 0.3) is 0 Å². The zero-order valence-electron chi connectivity index (χ0n) is 17.5. The molecule has 3 heteroatoms. The fraction of sp³-hybridized carbons (Fsp3) is 0.818. The van der Waals surface area contributed by atoms with Crippen molar-refractivity contribution in [2.45, 2.75) is 104 Å². The molecule has 0 spiro atoms. The molecule has 0 N–H and O–H groups in total. The first-order chi connectivity index (χ1) is 12.2. The number of rotatable bonds is 18. The largest absolute Gasteiger partial charge is 0.392 e. The zero-order valence-corrected chi connectivity index (χ0v) is 18.5. The molecule has 0 atom stereocenters. The predicted molar refractivity (Wildman–Crippen MR) is 114 cm³/mol. The Morgan fingerprint density at radius 2 is 0.920 bits per heavy atom. The molecule has 0 aliphatic carbocycles. The third kappa shape index (κ3) is 14.5. The lowest BCUT2D eigenvalue weighted by Gasteiger charge is -2.19. The lowest BCUT2D eigenvalue weighted by Crippen LogP contribution is -2.36. The van der Waals surface area contributed by atoms with Crippen LogP contribution in [0, 0.1) is 0 Å². The van der Waals surface area contributed by atoms with E-state index < -0.39 is 8.56 Å². The molecule has 0 aromatic carbocycles. The first-order valence-electron chi connectivity index (χ1n) is 10.7. The average molecular weight is 369 g/mol. The monoisotopic (exact) mass is 368 g/mol. The Morgan fingerprint density at radius 3 is 1.28 bits per heavy atom. The van der Waals surface area contributed by atoms with E-state index in [2.05, 4.69) is 37.4 Å². The van der Waals surface area contributed by atoms with Crippen LogP contribution in [0.15, 0.2) is 23.6 Å². The highest BCUT2D eigenvalue weighted by atomic mass is 28.4. The molecule has 148 valence electrons. The van der Waals surface area contributed by atoms with Crippen LogP contribution in [0.1, 0.15) is 104 Å². The van der Waals surface area contributed by atoms with Crippen LogP contribution < -0.4 is 0 Å². The van der Waals surface area contributed by atoms with Gasteiger partial charge in [-0.15, -0.1) is 0 Å². The van der Waals surface area contributed by atoms with E-state index in [1.807, 2.05) is 0 Å². The van der Waals surface area contributed by atoms with Crippen LogP contribution in [0.2, 0.25) is 0 Å². The van der Waals surface area contributed by atoms with Crippen molar-refractivity contribution in [1.82, 2.24) is 0 Å². The van der Waals surface area contributed by atoms with Gasteiger partial charge in [-0.1, -0.05) is 90.2 Å². The fourth-order valence-electron chi connectivity index (χ4n) is 2.99. The Balaban J connectivity index is 4.00. The van der Waals surface area contributed by atoms with Crippen molar-refractivity contribution < 1.29 is 8.85 Å². The number of allylic oxidation sites excluding steroid dienone is 2. The fourth-order valence-corrected chi connectivity index (χ4v) is 4.80. The summed E-state index contributed by atoms with van der Waals surface area (Å²) in [6, 6.07) is 0. The summed E-state index contributed by atoms with van der Waals surface area (Å²) in [5, 5.41) is 0. The lowest BCUT2D eigenvalue weighted by molar-refractivity contribution is 0.269. The van der Waals surface area contributed by atoms with Crippen molar-refractivity contribution in [3.63, 3.8) is 0 Å². The maximum absolute atomic E-state index is 5.75. The second-order valence-corrected chi connectivity index (χ2v) is 9.97. The topological polar surface area (TPSA) is 18.5 Å². The summed E-state index contributed by atoms with van der Waals surface area (Å²) >= 11 is 0. The van der Waals surface area contributed by atoms with E-state index in [1.54, 1.807) is 14.2 Å². The van der Waals surface area contributed by atoms with Crippen molar-refractivity contribution in [3.05, 3.63) is 23.6 Å². The van der Waals surface area contributed by atoms with Gasteiger partial charge in [0.2, 0.25) is 0 Å². The van der Waals surface area contributed by atoms with E-state index in [4.69, 9.17) is 8.85 Å². The van der Waals surface area contributed by atoms with Gasteiger partial charge in [-0.05, 0) is 37.1 Å². The summed E-state index contributed by atoms with van der Waals surface area (Å²) in [5.41, 5.74) is 4.41. The Hall–Kier alpha value is -0.383. The number of unbranched alkanes of at least 4 members (excludes halogenated alkanes) is 12. The molecule has 0 unspecified atom stereocenters. The highest BCUT2D eigenvalue weighted by Crippen LogP contribution is 2.14. The van der Waals surface area contributed by atoms with Gasteiger partial charge in [-0.3, -0.25) is 0 Å². The van der Waals surface area contributed by atoms with Crippen molar-refractivity contribution in [2.75, 3.05) is 14.2 Å². The molecule has 0 radical (unpaired) electrons. The minimum Gasteiger partial charge on any atom is -0.392 e. The smallest absolute Gasteiger partial charge is 0.390 e. The van der Waals surface area contributed by atoms with Crippen LogP contribution >= 0.6 is 0 Å². The first kappa shape index (κ1) is 24.6. The maximum Gasteiger partial charge on any atom is 0.390 e. The minimum absolute atomic E-state index is 1.14. The summed E-state index contributed by atoms with van der Waals surface area (Å²) in [7, 11) is 1.29. The summed E-state index contributed by atoms with van der Waals surface area (Å²) in [6.45, 7) is 4.53. The number of hydrogen-bond donors (Lipinski definition) is 0. The molecule has 0 bridgehead atoms. The van der Waals surface area contributed by atoms with Gasteiger partial charge in [0.1, 0.15) is 0 Å². The predicted octanol–water partition coefficient (Wildman–Crippen LogP) is 7.41. The molecule has 0 aromatic heterocycles. The standard InChI is InChI=1S/C22H44O2Si/c1-5-7-9-11-13-15-17-19-21-25(23-3,24-4)22-20-18-16-14-12-10-8-6-2/h19-22H,5-18H2,1-4H3/b21-19+,22-20+. The molecular formula is C22H44O2Si. The summed E-state index contributed by atoms with van der Waals surface area (Å²) < 4.78 is 11.5. The lowest BCUT2D eigenvalue weighted by atomic mass is 10.1. The third-order valence-electron chi connectivity index (χ3n) is 4.79. The SMILES string of the molecule is CCCCCCCC/C=C/[Si](/C=C/CCCCCCCC)(OC)OC. The van der Waals surface area contributed by atoms with Crippen LogP contribution in [-0.4, -0.2) is 22.8 Å². The van der Waals surface area contributed by atoms with E-state index in [0.29, 0.717) is 0 Å². The molecule has 0 heterocycles. The van der Waals surface area contributed by atoms with E-state index in [0.717, 1.165) is 12.8 Å². The third-order valence-corrected chi connectivity index (χ3v) is 7.46. The molecule has 0 fully saturated rings. The van der Waals surface area contributed by atoms with Gasteiger partial charge in [-0.25, -0.2) is 0 Å². The van der Waals surface area contributed by atoms with E-state index in [-0.39, 0.29) is 0 Å². The molecule has 0 saturated heterocycles. The molecule has 2 nitrogen and oxygen atoms in total. The molecule has 0 aliphatic rings. The van der Waals surface area contributed by atoms with Crippen molar-refractivity contribution in [1.29, 1.82) is 0 Å². The van der Waals surface area contributed by atoms with Gasteiger partial charge in [-0.2, -0.15) is 0 Å². The van der Waals surface area contributed by atoms with Crippen LogP contribution in [-0.2, 0) is 8.85 Å². The summed E-state index contributed by atoms with van der Waals surface area (Å²) in [6.07, 6.45) is 23.0. The molecule has 25 heavy (non-hydrogen) atoms. The summed E-state index contributed by atoms with van der Waals surface area (Å²) in [4.78, 5) is 0. The van der Waals surface area contributed by atoms with Crippen LogP contribution in [0.4, 0.5) is 0 Å². The van der Waals surface area contributed by atoms with Crippen molar-refractivity contribution in [3.8, 4) is 0 Å². The van der Waals surface area contributed by atoms with Gasteiger partial charge < -0.3 is 8.85 Å².